The van der Waals surface area contributed by atoms with E-state index in [0.29, 0.717) is 6.42 Å². The molecule has 1 aromatic heterocycles. The summed E-state index contributed by atoms with van der Waals surface area (Å²) in [6, 6.07) is 4.51. The number of nitrogens with two attached hydrogens (primary N) is 1. The molecule has 1 atom stereocenters. The van der Waals surface area contributed by atoms with Crippen LogP contribution in [0.15, 0.2) is 24.4 Å². The molecular formula is C13H15ClFN3. The van der Waals surface area contributed by atoms with Crippen LogP contribution in [0.1, 0.15) is 22.9 Å². The van der Waals surface area contributed by atoms with Gasteiger partial charge >= 0.3 is 0 Å². The van der Waals surface area contributed by atoms with Gasteiger partial charge < -0.3 is 5.73 Å². The zero-order chi connectivity index (χ0) is 13.3. The van der Waals surface area contributed by atoms with Gasteiger partial charge in [0.15, 0.2) is 0 Å². The van der Waals surface area contributed by atoms with Gasteiger partial charge in [0.1, 0.15) is 5.82 Å². The van der Waals surface area contributed by atoms with Crippen LogP contribution in [-0.4, -0.2) is 9.78 Å². The maximum Gasteiger partial charge on any atom is 0.141 e. The highest BCUT2D eigenvalue weighted by Crippen LogP contribution is 2.22. The number of hydrogen-bond donors (Lipinski definition) is 1. The van der Waals surface area contributed by atoms with Gasteiger partial charge in [-0.25, -0.2) is 4.39 Å². The van der Waals surface area contributed by atoms with Gasteiger partial charge in [0, 0.05) is 24.3 Å². The molecule has 0 saturated heterocycles. The maximum atomic E-state index is 13.1. The second kappa shape index (κ2) is 5.08. The third-order valence-electron chi connectivity index (χ3n) is 3.11. The zero-order valence-corrected chi connectivity index (χ0v) is 11.1. The number of hydrogen-bond acceptors (Lipinski definition) is 2. The van der Waals surface area contributed by atoms with E-state index in [-0.39, 0.29) is 11.1 Å². The Labute approximate surface area is 110 Å². The lowest BCUT2D eigenvalue weighted by Gasteiger charge is -2.11. The molecule has 0 aliphatic carbocycles. The van der Waals surface area contributed by atoms with Crippen LogP contribution in [0.4, 0.5) is 4.39 Å². The molecule has 0 fully saturated rings. The summed E-state index contributed by atoms with van der Waals surface area (Å²) >= 11 is 5.75. The highest BCUT2D eigenvalue weighted by molar-refractivity contribution is 6.30. The fourth-order valence-corrected chi connectivity index (χ4v) is 2.11. The lowest BCUT2D eigenvalue weighted by atomic mass is 10.0. The molecular weight excluding hydrogens is 253 g/mol. The van der Waals surface area contributed by atoms with Crippen LogP contribution < -0.4 is 5.73 Å². The highest BCUT2D eigenvalue weighted by Gasteiger charge is 2.13. The minimum Gasteiger partial charge on any atom is -0.324 e. The van der Waals surface area contributed by atoms with Gasteiger partial charge in [-0.3, -0.25) is 4.68 Å². The fourth-order valence-electron chi connectivity index (χ4n) is 1.91. The van der Waals surface area contributed by atoms with Gasteiger partial charge in [-0.05, 0) is 31.0 Å². The summed E-state index contributed by atoms with van der Waals surface area (Å²) in [6.07, 6.45) is 2.37. The summed E-state index contributed by atoms with van der Waals surface area (Å²) < 4.78 is 14.8. The Balaban J connectivity index is 2.18. The van der Waals surface area contributed by atoms with Crippen LogP contribution in [0.5, 0.6) is 0 Å². The molecule has 2 rings (SSSR count). The second-order valence-corrected chi connectivity index (χ2v) is 4.78. The van der Waals surface area contributed by atoms with Crippen LogP contribution >= 0.6 is 11.6 Å². The van der Waals surface area contributed by atoms with E-state index in [4.69, 9.17) is 17.3 Å². The van der Waals surface area contributed by atoms with Crippen molar-refractivity contribution in [1.29, 1.82) is 0 Å². The lowest BCUT2D eigenvalue weighted by molar-refractivity contribution is 0.626. The summed E-state index contributed by atoms with van der Waals surface area (Å²) in [5, 5.41) is 4.29. The molecule has 0 spiro atoms. The summed E-state index contributed by atoms with van der Waals surface area (Å²) in [5.74, 6) is -0.411. The second-order valence-electron chi connectivity index (χ2n) is 4.37. The Morgan fingerprint density at radius 2 is 2.22 bits per heavy atom. The van der Waals surface area contributed by atoms with Gasteiger partial charge in [-0.1, -0.05) is 17.7 Å². The first-order valence-electron chi connectivity index (χ1n) is 5.67. The Kier molecular flexibility index (Phi) is 3.68. The van der Waals surface area contributed by atoms with Crippen LogP contribution in [0, 0.1) is 12.7 Å². The van der Waals surface area contributed by atoms with E-state index >= 15 is 0 Å². The Bertz CT molecular complexity index is 565. The molecule has 18 heavy (non-hydrogen) atoms. The number of rotatable bonds is 3. The molecule has 1 aromatic carbocycles. The van der Waals surface area contributed by atoms with Crippen molar-refractivity contribution in [3.05, 3.63) is 52.1 Å². The number of nitrogens with zero attached hydrogens (tertiary/aromatic N) is 2. The molecule has 1 unspecified atom stereocenters. The van der Waals surface area contributed by atoms with Crippen molar-refractivity contribution in [3.8, 4) is 0 Å². The molecule has 0 aliphatic rings. The van der Waals surface area contributed by atoms with Crippen LogP contribution in [0.2, 0.25) is 5.02 Å². The van der Waals surface area contributed by atoms with Crippen molar-refractivity contribution in [3.63, 3.8) is 0 Å². The van der Waals surface area contributed by atoms with Crippen molar-refractivity contribution >= 4 is 11.6 Å². The Morgan fingerprint density at radius 3 is 2.78 bits per heavy atom. The van der Waals surface area contributed by atoms with E-state index in [1.54, 1.807) is 23.0 Å². The molecule has 1 heterocycles. The molecule has 0 saturated carbocycles. The van der Waals surface area contributed by atoms with Gasteiger partial charge in [-0.2, -0.15) is 5.10 Å². The first-order chi connectivity index (χ1) is 8.49. The number of halogens is 2. The maximum absolute atomic E-state index is 13.1. The van der Waals surface area contributed by atoms with E-state index in [1.165, 1.54) is 6.07 Å². The summed E-state index contributed by atoms with van der Waals surface area (Å²) in [7, 11) is 1.88. The molecule has 0 radical (unpaired) electrons. The minimum atomic E-state index is -0.411. The predicted molar refractivity (Wildman–Crippen MR) is 70.0 cm³/mol. The Morgan fingerprint density at radius 1 is 1.50 bits per heavy atom. The molecule has 96 valence electrons. The van der Waals surface area contributed by atoms with Crippen molar-refractivity contribution in [1.82, 2.24) is 9.78 Å². The van der Waals surface area contributed by atoms with E-state index in [2.05, 4.69) is 5.10 Å². The third kappa shape index (κ3) is 2.54. The lowest BCUT2D eigenvalue weighted by Crippen LogP contribution is -2.14. The minimum absolute atomic E-state index is 0.127. The molecule has 5 heteroatoms. The SMILES string of the molecule is Cc1c(C(N)Cc2ccc(F)c(Cl)c2)cnn1C. The van der Waals surface area contributed by atoms with Gasteiger partial charge in [0.2, 0.25) is 0 Å². The summed E-state index contributed by atoms with van der Waals surface area (Å²) in [6.45, 7) is 1.97. The standard InChI is InChI=1S/C13H15ClFN3/c1-8-10(7-17-18(8)2)13(16)6-9-3-4-12(15)11(14)5-9/h3-5,7,13H,6,16H2,1-2H3. The molecule has 2 N–H and O–H groups in total. The molecule has 0 aliphatic heterocycles. The van der Waals surface area contributed by atoms with Crippen molar-refractivity contribution in [2.45, 2.75) is 19.4 Å². The fraction of sp³-hybridized carbons (Fsp3) is 0.308. The largest absolute Gasteiger partial charge is 0.324 e. The summed E-state index contributed by atoms with van der Waals surface area (Å²) in [5.41, 5.74) is 9.09. The van der Waals surface area contributed by atoms with Gasteiger partial charge in [0.25, 0.3) is 0 Å². The van der Waals surface area contributed by atoms with Crippen LogP contribution in [0.25, 0.3) is 0 Å². The Hall–Kier alpha value is -1.39. The molecule has 3 nitrogen and oxygen atoms in total. The van der Waals surface area contributed by atoms with Crippen molar-refractivity contribution in [2.75, 3.05) is 0 Å². The third-order valence-corrected chi connectivity index (χ3v) is 3.40. The number of aromatic nitrogens is 2. The zero-order valence-electron chi connectivity index (χ0n) is 10.3. The molecule has 2 aromatic rings. The van der Waals surface area contributed by atoms with Gasteiger partial charge in [0.05, 0.1) is 11.2 Å². The first-order valence-corrected chi connectivity index (χ1v) is 6.05. The smallest absolute Gasteiger partial charge is 0.141 e. The van der Waals surface area contributed by atoms with E-state index < -0.39 is 5.82 Å². The highest BCUT2D eigenvalue weighted by atomic mass is 35.5. The topological polar surface area (TPSA) is 43.8 Å². The quantitative estimate of drug-likeness (QED) is 0.929. The van der Waals surface area contributed by atoms with Crippen LogP contribution in [0.3, 0.4) is 0 Å². The van der Waals surface area contributed by atoms with E-state index in [9.17, 15) is 4.39 Å². The van der Waals surface area contributed by atoms with Crippen molar-refractivity contribution in [2.24, 2.45) is 12.8 Å². The van der Waals surface area contributed by atoms with Crippen molar-refractivity contribution < 1.29 is 4.39 Å². The first kappa shape index (κ1) is 13.1. The van der Waals surface area contributed by atoms with Gasteiger partial charge in [-0.15, -0.1) is 0 Å². The normalized spacial score (nSPS) is 12.7. The molecule has 0 bridgehead atoms. The summed E-state index contributed by atoms with van der Waals surface area (Å²) in [4.78, 5) is 0. The monoisotopic (exact) mass is 267 g/mol. The van der Waals surface area contributed by atoms with E-state index in [0.717, 1.165) is 16.8 Å². The van der Waals surface area contributed by atoms with Crippen LogP contribution in [-0.2, 0) is 13.5 Å². The predicted octanol–water partition coefficient (Wildman–Crippen LogP) is 2.76. The number of aryl methyl sites for hydroxylation is 1. The average molecular weight is 268 g/mol. The van der Waals surface area contributed by atoms with E-state index in [1.807, 2.05) is 14.0 Å². The average Bonchev–Trinajstić information content (AvgIpc) is 2.65. The molecule has 0 amide bonds. The number of benzene rings is 1.